The normalized spacial score (nSPS) is 13.9. The average molecular weight is 707 g/mol. The summed E-state index contributed by atoms with van der Waals surface area (Å²) in [5.74, 6) is 0. The Morgan fingerprint density at radius 2 is 0.906 bits per heavy atom. The molecule has 0 aliphatic carbocycles. The highest BCUT2D eigenvalue weighted by molar-refractivity contribution is 5.89. The standard InChI is InChI=1S/C23H28N4.C22H26N4/c1-22(2,3)26-15-16-11-7-8-12-17(16)21-20(18-13-9-10-14-19(18)26)24-25-27(21)23(4,5)6;1-15(2)26-21-18-12-8-9-13-19(18)25(22(3,4)5)14-16-10-6-7-11-17(16)20(21)23-24-26/h7-14H,15H2,1-6H3;6-13,15H,14H2,1-5H3. The third-order valence-corrected chi connectivity index (χ3v) is 10.2. The number of benzene rings is 4. The average Bonchev–Trinajstić information content (AvgIpc) is 3.73. The van der Waals surface area contributed by atoms with E-state index in [2.05, 4.69) is 213 Å². The van der Waals surface area contributed by atoms with Crippen molar-refractivity contribution in [2.24, 2.45) is 0 Å². The Labute approximate surface area is 315 Å². The van der Waals surface area contributed by atoms with Gasteiger partial charge in [-0.25, -0.2) is 9.36 Å². The maximum absolute atomic E-state index is 4.67. The molecule has 4 heterocycles. The number of para-hydroxylation sites is 2. The fraction of sp³-hybridized carbons (Fsp3) is 0.378. The van der Waals surface area contributed by atoms with Crippen LogP contribution in [0.25, 0.3) is 45.0 Å². The van der Waals surface area contributed by atoms with Crippen LogP contribution in [0, 0.1) is 0 Å². The van der Waals surface area contributed by atoms with Crippen molar-refractivity contribution in [1.82, 2.24) is 30.0 Å². The van der Waals surface area contributed by atoms with Crippen LogP contribution >= 0.6 is 0 Å². The SMILES string of the molecule is CC(C)(C)N1Cc2ccccc2-c2c(nnn2C(C)(C)C)-c2ccccc21.CC(C)n1nnc2c1-c1ccccc1N(C(C)(C)C)Cc1ccccc1-2. The highest BCUT2D eigenvalue weighted by atomic mass is 15.5. The van der Waals surface area contributed by atoms with Gasteiger partial charge in [0.2, 0.25) is 0 Å². The molecule has 0 unspecified atom stereocenters. The molecule has 8 heteroatoms. The lowest BCUT2D eigenvalue weighted by Crippen LogP contribution is -2.41. The van der Waals surface area contributed by atoms with E-state index in [1.165, 1.54) is 39.2 Å². The molecule has 2 aromatic heterocycles. The molecule has 0 saturated heterocycles. The lowest BCUT2D eigenvalue weighted by Gasteiger charge is -2.40. The third-order valence-electron chi connectivity index (χ3n) is 10.2. The number of rotatable bonds is 1. The predicted octanol–water partition coefficient (Wildman–Crippen LogP) is 10.8. The second kappa shape index (κ2) is 13.3. The minimum atomic E-state index is -0.147. The van der Waals surface area contributed by atoms with Crippen LogP contribution in [-0.2, 0) is 18.6 Å². The molecule has 0 N–H and O–H groups in total. The molecule has 0 fully saturated rings. The van der Waals surface area contributed by atoms with Crippen molar-refractivity contribution in [1.29, 1.82) is 0 Å². The molecular formula is C45H54N8. The van der Waals surface area contributed by atoms with Gasteiger partial charge in [-0.1, -0.05) is 95.4 Å². The van der Waals surface area contributed by atoms with Gasteiger partial charge in [0.05, 0.1) is 16.9 Å². The summed E-state index contributed by atoms with van der Waals surface area (Å²) in [6, 6.07) is 34.7. The maximum Gasteiger partial charge on any atom is 0.123 e. The zero-order valence-corrected chi connectivity index (χ0v) is 33.3. The van der Waals surface area contributed by atoms with Crippen LogP contribution in [0.1, 0.15) is 93.3 Å². The van der Waals surface area contributed by atoms with Crippen LogP contribution in [0.3, 0.4) is 0 Å². The largest absolute Gasteiger partial charge is 0.362 e. The molecule has 0 amide bonds. The minimum Gasteiger partial charge on any atom is -0.362 e. The van der Waals surface area contributed by atoms with Crippen molar-refractivity contribution < 1.29 is 0 Å². The van der Waals surface area contributed by atoms with Crippen molar-refractivity contribution in [2.45, 2.75) is 112 Å². The van der Waals surface area contributed by atoms with Crippen molar-refractivity contribution in [2.75, 3.05) is 9.80 Å². The molecule has 8 rings (SSSR count). The number of nitrogens with zero attached hydrogens (tertiary/aromatic N) is 8. The molecule has 53 heavy (non-hydrogen) atoms. The van der Waals surface area contributed by atoms with Gasteiger partial charge in [-0.2, -0.15) is 0 Å². The third kappa shape index (κ3) is 6.64. The van der Waals surface area contributed by atoms with E-state index in [0.717, 1.165) is 41.4 Å². The summed E-state index contributed by atoms with van der Waals surface area (Å²) in [6.07, 6.45) is 0. The van der Waals surface area contributed by atoms with E-state index >= 15 is 0 Å². The van der Waals surface area contributed by atoms with Gasteiger partial charge in [0.1, 0.15) is 11.4 Å². The summed E-state index contributed by atoms with van der Waals surface area (Å²) >= 11 is 0. The Bertz CT molecular complexity index is 2250. The first-order chi connectivity index (χ1) is 25.1. The molecule has 2 aliphatic rings. The highest BCUT2D eigenvalue weighted by Crippen LogP contribution is 2.45. The molecule has 2 aliphatic heterocycles. The molecular weight excluding hydrogens is 653 g/mol. The van der Waals surface area contributed by atoms with E-state index in [-0.39, 0.29) is 22.7 Å². The molecule has 274 valence electrons. The van der Waals surface area contributed by atoms with E-state index in [1.807, 2.05) is 0 Å². The molecule has 4 aromatic carbocycles. The second-order valence-electron chi connectivity index (χ2n) is 17.6. The van der Waals surface area contributed by atoms with Crippen LogP contribution in [-0.4, -0.2) is 41.1 Å². The van der Waals surface area contributed by atoms with Gasteiger partial charge in [0.15, 0.2) is 0 Å². The fourth-order valence-corrected chi connectivity index (χ4v) is 7.57. The molecule has 6 aromatic rings. The summed E-state index contributed by atoms with van der Waals surface area (Å²) in [6.45, 7) is 26.2. The Morgan fingerprint density at radius 3 is 1.45 bits per heavy atom. The first-order valence-corrected chi connectivity index (χ1v) is 18.9. The monoisotopic (exact) mass is 706 g/mol. The van der Waals surface area contributed by atoms with Gasteiger partial charge in [-0.15, -0.1) is 10.2 Å². The van der Waals surface area contributed by atoms with E-state index < -0.39 is 0 Å². The van der Waals surface area contributed by atoms with E-state index in [1.54, 1.807) is 0 Å². The van der Waals surface area contributed by atoms with Crippen molar-refractivity contribution in [3.05, 3.63) is 108 Å². The Balaban J connectivity index is 0.000000164. The van der Waals surface area contributed by atoms with Crippen LogP contribution in [0.2, 0.25) is 0 Å². The van der Waals surface area contributed by atoms with Crippen molar-refractivity contribution >= 4 is 11.4 Å². The first-order valence-electron chi connectivity index (χ1n) is 18.9. The second-order valence-corrected chi connectivity index (χ2v) is 17.6. The van der Waals surface area contributed by atoms with Crippen LogP contribution < -0.4 is 9.80 Å². The molecule has 0 bridgehead atoms. The van der Waals surface area contributed by atoms with Crippen LogP contribution in [0.4, 0.5) is 11.4 Å². The molecule has 0 saturated carbocycles. The molecule has 0 radical (unpaired) electrons. The first kappa shape index (κ1) is 36.1. The lowest BCUT2D eigenvalue weighted by molar-refractivity contribution is 0.351. The highest BCUT2D eigenvalue weighted by Gasteiger charge is 2.34. The number of hydrogen-bond donors (Lipinski definition) is 0. The van der Waals surface area contributed by atoms with E-state index in [9.17, 15) is 0 Å². The smallest absolute Gasteiger partial charge is 0.123 e. The predicted molar refractivity (Wildman–Crippen MR) is 219 cm³/mol. The molecule has 0 atom stereocenters. The van der Waals surface area contributed by atoms with Gasteiger partial charge >= 0.3 is 0 Å². The summed E-state index contributed by atoms with van der Waals surface area (Å²) in [7, 11) is 0. The Hall–Kier alpha value is -5.24. The van der Waals surface area contributed by atoms with Crippen molar-refractivity contribution in [3.8, 4) is 45.0 Å². The summed E-state index contributed by atoms with van der Waals surface area (Å²) in [4.78, 5) is 4.96. The van der Waals surface area contributed by atoms with Crippen LogP contribution in [0.5, 0.6) is 0 Å². The molecule has 0 spiro atoms. The zero-order valence-electron chi connectivity index (χ0n) is 33.3. The number of aromatic nitrogens is 6. The van der Waals surface area contributed by atoms with Gasteiger partial charge in [0, 0.05) is 63.8 Å². The Morgan fingerprint density at radius 1 is 0.472 bits per heavy atom. The minimum absolute atomic E-state index is 0.00315. The summed E-state index contributed by atoms with van der Waals surface area (Å²) in [5, 5.41) is 18.4. The van der Waals surface area contributed by atoms with Gasteiger partial charge < -0.3 is 9.80 Å². The fourth-order valence-electron chi connectivity index (χ4n) is 7.57. The van der Waals surface area contributed by atoms with Gasteiger partial charge in [-0.3, -0.25) is 0 Å². The molecule has 8 nitrogen and oxygen atoms in total. The zero-order chi connectivity index (χ0) is 37.9. The van der Waals surface area contributed by atoms with E-state index in [0.29, 0.717) is 0 Å². The topological polar surface area (TPSA) is 67.9 Å². The maximum atomic E-state index is 4.67. The number of hydrogen-bond acceptors (Lipinski definition) is 6. The summed E-state index contributed by atoms with van der Waals surface area (Å²) in [5.41, 5.74) is 13.8. The van der Waals surface area contributed by atoms with Crippen LogP contribution in [0.15, 0.2) is 97.1 Å². The quantitative estimate of drug-likeness (QED) is 0.170. The van der Waals surface area contributed by atoms with Gasteiger partial charge in [0.25, 0.3) is 0 Å². The van der Waals surface area contributed by atoms with E-state index in [4.69, 9.17) is 0 Å². The summed E-state index contributed by atoms with van der Waals surface area (Å²) < 4.78 is 4.13. The number of fused-ring (bicyclic) bond motifs is 10. The van der Waals surface area contributed by atoms with Crippen molar-refractivity contribution in [3.63, 3.8) is 0 Å². The Kier molecular flexibility index (Phi) is 9.08. The van der Waals surface area contributed by atoms with Gasteiger partial charge in [-0.05, 0) is 99.4 Å². The lowest BCUT2D eigenvalue weighted by atomic mass is 9.92. The number of anilines is 2.